The van der Waals surface area contributed by atoms with Gasteiger partial charge >= 0.3 is 0 Å². The summed E-state index contributed by atoms with van der Waals surface area (Å²) in [5.74, 6) is 0.0228. The maximum absolute atomic E-state index is 13.5. The number of benzene rings is 3. The third-order valence-electron chi connectivity index (χ3n) is 5.18. The van der Waals surface area contributed by atoms with Crippen LogP contribution in [-0.2, 0) is 21.2 Å². The maximum atomic E-state index is 13.5. The first-order valence-electron chi connectivity index (χ1n) is 10.8. The Balaban J connectivity index is 1.81. The smallest absolute Gasteiger partial charge is 0.255 e. The van der Waals surface area contributed by atoms with Gasteiger partial charge in [0, 0.05) is 18.2 Å². The lowest BCUT2D eigenvalue weighted by molar-refractivity contribution is -0.121. The molecule has 0 radical (unpaired) electrons. The Bertz CT molecular complexity index is 1330. The van der Waals surface area contributed by atoms with Crippen LogP contribution in [0.2, 0.25) is 10.0 Å². The molecule has 0 aliphatic carbocycles. The fraction of sp³-hybridized carbons (Fsp3) is 0.200. The van der Waals surface area contributed by atoms with E-state index < -0.39 is 22.5 Å². The molecule has 0 aromatic heterocycles. The van der Waals surface area contributed by atoms with Crippen LogP contribution in [0, 0.1) is 0 Å². The molecule has 3 aromatic rings. The average Bonchev–Trinajstić information content (AvgIpc) is 2.89. The summed E-state index contributed by atoms with van der Waals surface area (Å²) in [5, 5.41) is 4.53. The van der Waals surface area contributed by atoms with E-state index in [0.717, 1.165) is 9.87 Å². The molecule has 0 atom stereocenters. The fourth-order valence-electron chi connectivity index (χ4n) is 3.30. The molecule has 190 valence electrons. The van der Waals surface area contributed by atoms with Crippen molar-refractivity contribution in [2.45, 2.75) is 11.3 Å². The van der Waals surface area contributed by atoms with Gasteiger partial charge in [-0.25, -0.2) is 13.8 Å². The molecule has 0 fully saturated rings. The monoisotopic (exact) mass is 549 g/mol. The molecule has 0 heterocycles. The van der Waals surface area contributed by atoms with Crippen molar-refractivity contribution >= 4 is 45.3 Å². The number of carbonyl (C=O) groups is 1. The van der Waals surface area contributed by atoms with E-state index in [0.29, 0.717) is 22.8 Å². The van der Waals surface area contributed by atoms with Crippen molar-refractivity contribution in [2.75, 3.05) is 27.3 Å². The van der Waals surface area contributed by atoms with Crippen LogP contribution in [0.15, 0.2) is 76.7 Å². The first-order valence-corrected chi connectivity index (χ1v) is 13.0. The van der Waals surface area contributed by atoms with Gasteiger partial charge in [0.05, 0.1) is 41.9 Å². The highest BCUT2D eigenvalue weighted by molar-refractivity contribution is 7.89. The van der Waals surface area contributed by atoms with E-state index in [4.69, 9.17) is 32.7 Å². The first-order chi connectivity index (χ1) is 17.3. The second-order valence-corrected chi connectivity index (χ2v) is 10.3. The summed E-state index contributed by atoms with van der Waals surface area (Å²) in [6, 6.07) is 18.7. The van der Waals surface area contributed by atoms with Gasteiger partial charge in [0.15, 0.2) is 11.5 Å². The summed E-state index contributed by atoms with van der Waals surface area (Å²) in [7, 11) is -1.19. The molecule has 3 rings (SSSR count). The maximum Gasteiger partial charge on any atom is 0.255 e. The molecule has 8 nitrogen and oxygen atoms in total. The zero-order valence-corrected chi connectivity index (χ0v) is 22.0. The van der Waals surface area contributed by atoms with Crippen molar-refractivity contribution in [3.8, 4) is 11.5 Å². The zero-order chi connectivity index (χ0) is 26.1. The molecule has 0 saturated heterocycles. The average molecular weight is 550 g/mol. The lowest BCUT2D eigenvalue weighted by Crippen LogP contribution is -2.40. The third-order valence-corrected chi connectivity index (χ3v) is 7.85. The normalized spacial score (nSPS) is 11.6. The van der Waals surface area contributed by atoms with Crippen molar-refractivity contribution in [2.24, 2.45) is 5.10 Å². The van der Waals surface area contributed by atoms with Crippen molar-refractivity contribution in [1.82, 2.24) is 9.73 Å². The van der Waals surface area contributed by atoms with E-state index in [2.05, 4.69) is 10.5 Å². The number of hydrogen-bond acceptors (Lipinski definition) is 6. The number of nitrogens with zero attached hydrogens (tertiary/aromatic N) is 2. The summed E-state index contributed by atoms with van der Waals surface area (Å²) in [4.78, 5) is 12.6. The molecule has 0 bridgehead atoms. The molecule has 1 N–H and O–H groups in total. The lowest BCUT2D eigenvalue weighted by atomic mass is 10.1. The molecule has 0 aliphatic heterocycles. The van der Waals surface area contributed by atoms with Crippen LogP contribution in [0.4, 0.5) is 0 Å². The minimum absolute atomic E-state index is 0.0322. The molecule has 0 saturated carbocycles. The van der Waals surface area contributed by atoms with Gasteiger partial charge in [0.1, 0.15) is 0 Å². The Morgan fingerprint density at radius 1 is 1.00 bits per heavy atom. The van der Waals surface area contributed by atoms with Crippen molar-refractivity contribution < 1.29 is 22.7 Å². The highest BCUT2D eigenvalue weighted by Crippen LogP contribution is 2.30. The second-order valence-electron chi connectivity index (χ2n) is 7.53. The van der Waals surface area contributed by atoms with Crippen LogP contribution in [0.1, 0.15) is 11.1 Å². The molecule has 1 amide bonds. The number of ether oxygens (including phenoxy) is 2. The quantitative estimate of drug-likeness (QED) is 0.282. The molecule has 0 spiro atoms. The Hall–Kier alpha value is -3.11. The second kappa shape index (κ2) is 12.7. The number of hydrazone groups is 1. The Morgan fingerprint density at radius 2 is 1.72 bits per heavy atom. The number of nitrogens with one attached hydrogen (secondary N) is 1. The minimum atomic E-state index is -4.07. The van der Waals surface area contributed by atoms with Gasteiger partial charge < -0.3 is 9.47 Å². The first kappa shape index (κ1) is 27.5. The number of hydrogen-bond donors (Lipinski definition) is 1. The molecule has 11 heteroatoms. The fourth-order valence-corrected chi connectivity index (χ4v) is 5.07. The van der Waals surface area contributed by atoms with Gasteiger partial charge in [-0.3, -0.25) is 4.79 Å². The number of methoxy groups -OCH3 is 2. The van der Waals surface area contributed by atoms with Gasteiger partial charge in [-0.1, -0.05) is 65.7 Å². The molecule has 0 aliphatic rings. The highest BCUT2D eigenvalue weighted by Gasteiger charge is 2.27. The zero-order valence-electron chi connectivity index (χ0n) is 19.6. The Kier molecular flexibility index (Phi) is 9.72. The van der Waals surface area contributed by atoms with Crippen molar-refractivity contribution in [1.29, 1.82) is 0 Å². The van der Waals surface area contributed by atoms with Crippen LogP contribution >= 0.6 is 23.2 Å². The van der Waals surface area contributed by atoms with Gasteiger partial charge in [0.25, 0.3) is 5.91 Å². The Labute approximate surface area is 220 Å². The summed E-state index contributed by atoms with van der Waals surface area (Å²) in [6.07, 6.45) is 1.74. The predicted molar refractivity (Wildman–Crippen MR) is 141 cm³/mol. The SMILES string of the molecule is COc1ccc(S(=O)(=O)N(CCc2ccccc2)CC(=O)N/N=C\c2cccc(Cl)c2Cl)cc1OC. The number of carbonyl (C=O) groups excluding carboxylic acids is 1. The standard InChI is InChI=1S/C25H25Cl2N3O5S/c1-34-22-12-11-20(15-23(22)35-2)36(32,33)30(14-13-18-7-4-3-5-8-18)17-24(31)29-28-16-19-9-6-10-21(26)25(19)27/h3-12,15-16H,13-14,17H2,1-2H3,(H,29,31)/b28-16-. The van der Waals surface area contributed by atoms with Gasteiger partial charge in [-0.05, 0) is 30.2 Å². The number of rotatable bonds is 11. The minimum Gasteiger partial charge on any atom is -0.493 e. The van der Waals surface area contributed by atoms with Crippen LogP contribution in [0.3, 0.4) is 0 Å². The van der Waals surface area contributed by atoms with E-state index in [9.17, 15) is 13.2 Å². The van der Waals surface area contributed by atoms with Crippen LogP contribution in [-0.4, -0.2) is 52.2 Å². The molecular formula is C25H25Cl2N3O5S. The van der Waals surface area contributed by atoms with Gasteiger partial charge in [0.2, 0.25) is 10.0 Å². The highest BCUT2D eigenvalue weighted by atomic mass is 35.5. The predicted octanol–water partition coefficient (Wildman–Crippen LogP) is 4.39. The number of sulfonamides is 1. The summed E-state index contributed by atoms with van der Waals surface area (Å²) in [5.41, 5.74) is 3.78. The lowest BCUT2D eigenvalue weighted by Gasteiger charge is -2.22. The van der Waals surface area contributed by atoms with Gasteiger partial charge in [-0.2, -0.15) is 9.41 Å². The molecule has 0 unspecified atom stereocenters. The van der Waals surface area contributed by atoms with E-state index in [-0.39, 0.29) is 22.2 Å². The van der Waals surface area contributed by atoms with Crippen LogP contribution < -0.4 is 14.9 Å². The van der Waals surface area contributed by atoms with E-state index in [1.165, 1.54) is 38.6 Å². The third kappa shape index (κ3) is 6.98. The van der Waals surface area contributed by atoms with Gasteiger partial charge in [-0.15, -0.1) is 0 Å². The van der Waals surface area contributed by atoms with Crippen molar-refractivity contribution in [3.05, 3.63) is 87.9 Å². The Morgan fingerprint density at radius 3 is 2.42 bits per heavy atom. The molecular weight excluding hydrogens is 525 g/mol. The number of amides is 1. The number of halogens is 2. The largest absolute Gasteiger partial charge is 0.493 e. The topological polar surface area (TPSA) is 97.3 Å². The molecule has 36 heavy (non-hydrogen) atoms. The van der Waals surface area contributed by atoms with E-state index in [1.54, 1.807) is 18.2 Å². The van der Waals surface area contributed by atoms with E-state index in [1.807, 2.05) is 30.3 Å². The van der Waals surface area contributed by atoms with Crippen molar-refractivity contribution in [3.63, 3.8) is 0 Å². The van der Waals surface area contributed by atoms with Crippen LogP contribution in [0.5, 0.6) is 11.5 Å². The van der Waals surface area contributed by atoms with E-state index >= 15 is 0 Å². The molecule has 3 aromatic carbocycles. The van der Waals surface area contributed by atoms with Crippen LogP contribution in [0.25, 0.3) is 0 Å². The summed E-state index contributed by atoms with van der Waals surface area (Å²) < 4.78 is 38.6. The summed E-state index contributed by atoms with van der Waals surface area (Å²) >= 11 is 12.1. The summed E-state index contributed by atoms with van der Waals surface area (Å²) in [6.45, 7) is -0.387.